The van der Waals surface area contributed by atoms with Gasteiger partial charge in [0.15, 0.2) is 4.60 Å². The number of aromatic nitrogens is 5. The van der Waals surface area contributed by atoms with E-state index in [1.807, 2.05) is 0 Å². The Hall–Kier alpha value is -1.53. The van der Waals surface area contributed by atoms with Crippen molar-refractivity contribution < 1.29 is 12.8 Å². The smallest absolute Gasteiger partial charge is 0.329 e. The number of hydrogen-bond acceptors (Lipinski definition) is 8. The van der Waals surface area contributed by atoms with E-state index < -0.39 is 10.0 Å². The Balaban J connectivity index is 1.83. The van der Waals surface area contributed by atoms with Gasteiger partial charge in [0.05, 0.1) is 6.04 Å². The summed E-state index contributed by atoms with van der Waals surface area (Å²) in [5, 5.41) is 17.9. The molecule has 0 saturated carbocycles. The van der Waals surface area contributed by atoms with Gasteiger partial charge in [-0.3, -0.25) is 0 Å². The second-order valence-electron chi connectivity index (χ2n) is 4.51. The highest BCUT2D eigenvalue weighted by Crippen LogP contribution is 2.25. The van der Waals surface area contributed by atoms with Crippen molar-refractivity contribution in [3.05, 3.63) is 10.5 Å². The highest BCUT2D eigenvalue weighted by Gasteiger charge is 2.27. The molecule has 114 valence electrons. The van der Waals surface area contributed by atoms with Crippen LogP contribution in [0.3, 0.4) is 0 Å². The van der Waals surface area contributed by atoms with Crippen molar-refractivity contribution in [2.75, 3.05) is 11.3 Å². The number of hydrogen-bond donors (Lipinski definition) is 2. The zero-order valence-corrected chi connectivity index (χ0v) is 13.3. The lowest BCUT2D eigenvalue weighted by molar-refractivity contribution is 0.439. The molecule has 1 aliphatic heterocycles. The molecular formula is C9H12BrN7O3S. The predicted octanol–water partition coefficient (Wildman–Crippen LogP) is 0.186. The molecule has 0 amide bonds. The van der Waals surface area contributed by atoms with E-state index in [2.05, 4.69) is 46.5 Å². The summed E-state index contributed by atoms with van der Waals surface area (Å²) in [6.07, 6.45) is 1.90. The fourth-order valence-corrected chi connectivity index (χ4v) is 4.11. The molecule has 1 aliphatic rings. The van der Waals surface area contributed by atoms with Crippen LogP contribution < -0.4 is 10.0 Å². The third-order valence-electron chi connectivity index (χ3n) is 3.01. The van der Waals surface area contributed by atoms with Crippen molar-refractivity contribution in [1.29, 1.82) is 0 Å². The molecule has 3 heterocycles. The summed E-state index contributed by atoms with van der Waals surface area (Å²) in [5.74, 6) is 0.368. The molecule has 0 aromatic carbocycles. The number of anilines is 1. The third-order valence-corrected chi connectivity index (χ3v) is 5.22. The lowest BCUT2D eigenvalue weighted by Crippen LogP contribution is -2.17. The molecule has 1 fully saturated rings. The molecule has 21 heavy (non-hydrogen) atoms. The van der Waals surface area contributed by atoms with Crippen molar-refractivity contribution in [3.8, 4) is 0 Å². The Bertz CT molecular complexity index is 730. The van der Waals surface area contributed by atoms with Crippen LogP contribution in [0.4, 0.5) is 6.01 Å². The number of halogens is 1. The van der Waals surface area contributed by atoms with E-state index >= 15 is 0 Å². The normalized spacial score (nSPS) is 19.0. The van der Waals surface area contributed by atoms with Crippen molar-refractivity contribution in [3.63, 3.8) is 0 Å². The molecule has 2 aromatic heterocycles. The molecule has 2 aromatic rings. The summed E-state index contributed by atoms with van der Waals surface area (Å²) in [6.45, 7) is 0.877. The quantitative estimate of drug-likeness (QED) is 0.772. The summed E-state index contributed by atoms with van der Waals surface area (Å²) in [4.78, 5) is 0. The third kappa shape index (κ3) is 2.78. The Morgan fingerprint density at radius 2 is 2.24 bits per heavy atom. The highest BCUT2D eigenvalue weighted by atomic mass is 79.9. The molecule has 1 saturated heterocycles. The summed E-state index contributed by atoms with van der Waals surface area (Å²) in [7, 11) is -2.45. The monoisotopic (exact) mass is 377 g/mol. The molecule has 0 bridgehead atoms. The Kier molecular flexibility index (Phi) is 3.67. The zero-order valence-electron chi connectivity index (χ0n) is 10.9. The molecule has 12 heteroatoms. The van der Waals surface area contributed by atoms with Gasteiger partial charge in [-0.05, 0) is 35.3 Å². The van der Waals surface area contributed by atoms with E-state index in [4.69, 9.17) is 4.42 Å². The van der Waals surface area contributed by atoms with Crippen LogP contribution in [0, 0.1) is 0 Å². The Morgan fingerprint density at radius 3 is 2.86 bits per heavy atom. The summed E-state index contributed by atoms with van der Waals surface area (Å²) >= 11 is 3.04. The van der Waals surface area contributed by atoms with Crippen LogP contribution in [0.15, 0.2) is 14.0 Å². The molecule has 3 rings (SSSR count). The zero-order chi connectivity index (χ0) is 15.0. The first kappa shape index (κ1) is 14.4. The maximum Gasteiger partial charge on any atom is 0.329 e. The Labute approximate surface area is 128 Å². The topological polar surface area (TPSA) is 128 Å². The average molecular weight is 378 g/mol. The molecular weight excluding hydrogens is 366 g/mol. The van der Waals surface area contributed by atoms with Gasteiger partial charge in [-0.1, -0.05) is 10.3 Å². The van der Waals surface area contributed by atoms with Crippen LogP contribution in [0.1, 0.15) is 24.8 Å². The van der Waals surface area contributed by atoms with Crippen LogP contribution in [0.2, 0.25) is 0 Å². The van der Waals surface area contributed by atoms with E-state index in [1.54, 1.807) is 0 Å². The molecule has 10 nitrogen and oxygen atoms in total. The van der Waals surface area contributed by atoms with Gasteiger partial charge >= 0.3 is 6.01 Å². The lowest BCUT2D eigenvalue weighted by atomic mass is 10.2. The minimum Gasteiger partial charge on any atom is -0.406 e. The first-order valence-electron chi connectivity index (χ1n) is 6.12. The fourth-order valence-electron chi connectivity index (χ4n) is 2.08. The van der Waals surface area contributed by atoms with E-state index in [0.29, 0.717) is 5.89 Å². The van der Waals surface area contributed by atoms with Crippen molar-refractivity contribution in [2.45, 2.75) is 23.9 Å². The molecule has 1 unspecified atom stereocenters. The van der Waals surface area contributed by atoms with Crippen molar-refractivity contribution in [1.82, 2.24) is 30.5 Å². The maximum atomic E-state index is 12.2. The summed E-state index contributed by atoms with van der Waals surface area (Å²) in [5.41, 5.74) is 0. The van der Waals surface area contributed by atoms with Gasteiger partial charge in [-0.15, -0.1) is 10.2 Å². The number of rotatable bonds is 4. The number of nitrogens with zero attached hydrogens (tertiary/aromatic N) is 5. The number of aryl methyl sites for hydroxylation is 1. The first-order chi connectivity index (χ1) is 9.97. The largest absolute Gasteiger partial charge is 0.406 e. The fraction of sp³-hybridized carbons (Fsp3) is 0.556. The van der Waals surface area contributed by atoms with Crippen LogP contribution in [0.25, 0.3) is 0 Å². The molecule has 0 aliphatic carbocycles. The lowest BCUT2D eigenvalue weighted by Gasteiger charge is -2.04. The Morgan fingerprint density at radius 1 is 1.43 bits per heavy atom. The van der Waals surface area contributed by atoms with Gasteiger partial charge in [0, 0.05) is 7.05 Å². The van der Waals surface area contributed by atoms with Crippen LogP contribution in [-0.2, 0) is 17.1 Å². The van der Waals surface area contributed by atoms with Gasteiger partial charge < -0.3 is 9.73 Å². The summed E-state index contributed by atoms with van der Waals surface area (Å²) in [6, 6.07) is -0.215. The van der Waals surface area contributed by atoms with Crippen LogP contribution >= 0.6 is 15.9 Å². The van der Waals surface area contributed by atoms with E-state index in [1.165, 1.54) is 7.05 Å². The van der Waals surface area contributed by atoms with Gasteiger partial charge in [-0.2, -0.15) is 8.42 Å². The summed E-state index contributed by atoms with van der Waals surface area (Å²) < 4.78 is 33.3. The predicted molar refractivity (Wildman–Crippen MR) is 73.8 cm³/mol. The first-order valence-corrected chi connectivity index (χ1v) is 8.40. The number of nitrogens with one attached hydrogen (secondary N) is 2. The number of sulfonamides is 1. The SMILES string of the molecule is Cn1nnc(Br)c1S(=O)(=O)Nc1nnc(C2CCCN2)o1. The highest BCUT2D eigenvalue weighted by molar-refractivity contribution is 9.10. The van der Waals surface area contributed by atoms with Crippen molar-refractivity contribution in [2.24, 2.45) is 7.05 Å². The maximum absolute atomic E-state index is 12.2. The minimum absolute atomic E-state index is 0.0270. The molecule has 2 N–H and O–H groups in total. The van der Waals surface area contributed by atoms with E-state index in [9.17, 15) is 8.42 Å². The van der Waals surface area contributed by atoms with E-state index in [-0.39, 0.29) is 21.7 Å². The average Bonchev–Trinajstić information content (AvgIpc) is 3.09. The van der Waals surface area contributed by atoms with Gasteiger partial charge in [0.2, 0.25) is 10.9 Å². The van der Waals surface area contributed by atoms with Gasteiger partial charge in [-0.25, -0.2) is 9.40 Å². The van der Waals surface area contributed by atoms with Crippen LogP contribution in [-0.4, -0.2) is 40.2 Å². The second kappa shape index (κ2) is 5.35. The van der Waals surface area contributed by atoms with Crippen molar-refractivity contribution >= 4 is 32.0 Å². The molecule has 1 atom stereocenters. The van der Waals surface area contributed by atoms with E-state index in [0.717, 1.165) is 24.1 Å². The molecule has 0 radical (unpaired) electrons. The minimum atomic E-state index is -3.92. The van der Waals surface area contributed by atoms with Gasteiger partial charge in [0.25, 0.3) is 10.0 Å². The molecule has 0 spiro atoms. The van der Waals surface area contributed by atoms with Crippen LogP contribution in [0.5, 0.6) is 0 Å². The van der Waals surface area contributed by atoms with Gasteiger partial charge in [0.1, 0.15) is 0 Å². The second-order valence-corrected chi connectivity index (χ2v) is 6.86. The standard InChI is InChI=1S/C9H12BrN7O3S/c1-17-8(6(10)12-16-17)21(18,19)15-9-14-13-7(20-9)5-3-2-4-11-5/h5,11H,2-4H2,1H3,(H,14,15).